The minimum absolute atomic E-state index is 0.584. The first-order valence-electron chi connectivity index (χ1n) is 8.15. The lowest BCUT2D eigenvalue weighted by Crippen LogP contribution is -2.44. The highest BCUT2D eigenvalue weighted by Crippen LogP contribution is 2.48. The van der Waals surface area contributed by atoms with E-state index in [0.29, 0.717) is 12.0 Å². The van der Waals surface area contributed by atoms with Crippen LogP contribution in [0.3, 0.4) is 0 Å². The summed E-state index contributed by atoms with van der Waals surface area (Å²) in [4.78, 5) is 5.09. The number of para-hydroxylation sites is 2. The van der Waals surface area contributed by atoms with E-state index in [-0.39, 0.29) is 0 Å². The number of fused-ring (bicyclic) bond motifs is 3. The first-order chi connectivity index (χ1) is 10.9. The SMILES string of the molecule is C=CCN1CC[C@@H]2[C@@H](C1)c1ccccc1N2c1ccccc1. The smallest absolute Gasteiger partial charge is 0.0450 e. The van der Waals surface area contributed by atoms with Crippen molar-refractivity contribution in [3.05, 3.63) is 72.8 Å². The second-order valence-electron chi connectivity index (χ2n) is 6.28. The Balaban J connectivity index is 1.74. The van der Waals surface area contributed by atoms with E-state index in [1.807, 2.05) is 6.08 Å². The van der Waals surface area contributed by atoms with Gasteiger partial charge in [0.1, 0.15) is 0 Å². The fourth-order valence-corrected chi connectivity index (χ4v) is 4.09. The molecule has 2 aliphatic rings. The Morgan fingerprint density at radius 2 is 1.82 bits per heavy atom. The molecule has 0 radical (unpaired) electrons. The number of benzene rings is 2. The molecule has 0 bridgehead atoms. The summed E-state index contributed by atoms with van der Waals surface area (Å²) in [6.45, 7) is 7.19. The Labute approximate surface area is 132 Å². The molecular formula is C20H22N2. The first kappa shape index (κ1) is 13.6. The zero-order valence-corrected chi connectivity index (χ0v) is 12.9. The fraction of sp³-hybridized carbons (Fsp3) is 0.300. The fourth-order valence-electron chi connectivity index (χ4n) is 4.09. The van der Waals surface area contributed by atoms with Gasteiger partial charge < -0.3 is 4.90 Å². The average Bonchev–Trinajstić information content (AvgIpc) is 2.90. The van der Waals surface area contributed by atoms with Crippen LogP contribution in [0.1, 0.15) is 17.9 Å². The number of hydrogen-bond donors (Lipinski definition) is 0. The lowest BCUT2D eigenvalue weighted by molar-refractivity contribution is 0.215. The molecular weight excluding hydrogens is 268 g/mol. The normalized spacial score (nSPS) is 23.9. The number of likely N-dealkylation sites (tertiary alicyclic amines) is 1. The minimum Gasteiger partial charge on any atom is -0.337 e. The monoisotopic (exact) mass is 290 g/mol. The van der Waals surface area contributed by atoms with E-state index < -0.39 is 0 Å². The van der Waals surface area contributed by atoms with Crippen LogP contribution in [0.5, 0.6) is 0 Å². The predicted molar refractivity (Wildman–Crippen MR) is 92.8 cm³/mol. The van der Waals surface area contributed by atoms with Gasteiger partial charge in [0.05, 0.1) is 0 Å². The molecule has 2 aromatic rings. The second kappa shape index (κ2) is 5.62. The molecule has 0 unspecified atom stereocenters. The van der Waals surface area contributed by atoms with Crippen molar-refractivity contribution in [2.75, 3.05) is 24.5 Å². The number of hydrogen-bond acceptors (Lipinski definition) is 2. The minimum atomic E-state index is 0.584. The van der Waals surface area contributed by atoms with Gasteiger partial charge in [-0.05, 0) is 30.2 Å². The van der Waals surface area contributed by atoms with Gasteiger partial charge in [-0.25, -0.2) is 0 Å². The van der Waals surface area contributed by atoms with Crippen LogP contribution in [0, 0.1) is 0 Å². The number of anilines is 2. The van der Waals surface area contributed by atoms with Crippen molar-refractivity contribution in [3.8, 4) is 0 Å². The summed E-state index contributed by atoms with van der Waals surface area (Å²) < 4.78 is 0. The van der Waals surface area contributed by atoms with Crippen molar-refractivity contribution < 1.29 is 0 Å². The maximum atomic E-state index is 3.90. The van der Waals surface area contributed by atoms with E-state index in [1.54, 1.807) is 0 Å². The molecule has 4 rings (SSSR count). The summed E-state index contributed by atoms with van der Waals surface area (Å²) in [5.41, 5.74) is 4.22. The third-order valence-corrected chi connectivity index (χ3v) is 5.01. The molecule has 0 saturated carbocycles. The summed E-state index contributed by atoms with van der Waals surface area (Å²) in [6, 6.07) is 20.3. The maximum absolute atomic E-state index is 3.90. The van der Waals surface area contributed by atoms with E-state index in [0.717, 1.165) is 19.6 Å². The molecule has 2 aromatic carbocycles. The molecule has 112 valence electrons. The summed E-state index contributed by atoms with van der Waals surface area (Å²) in [6.07, 6.45) is 3.23. The molecule has 2 heteroatoms. The quantitative estimate of drug-likeness (QED) is 0.782. The first-order valence-corrected chi connectivity index (χ1v) is 8.15. The molecule has 2 heterocycles. The molecule has 0 aromatic heterocycles. The molecule has 22 heavy (non-hydrogen) atoms. The van der Waals surface area contributed by atoms with Crippen LogP contribution < -0.4 is 4.90 Å². The molecule has 2 aliphatic heterocycles. The number of nitrogens with zero attached hydrogens (tertiary/aromatic N) is 2. The van der Waals surface area contributed by atoms with Crippen molar-refractivity contribution in [3.63, 3.8) is 0 Å². The Bertz CT molecular complexity index is 664. The Morgan fingerprint density at radius 3 is 2.64 bits per heavy atom. The average molecular weight is 290 g/mol. The molecule has 0 spiro atoms. The van der Waals surface area contributed by atoms with Crippen LogP contribution >= 0.6 is 0 Å². The third-order valence-electron chi connectivity index (χ3n) is 5.01. The van der Waals surface area contributed by atoms with Gasteiger partial charge >= 0.3 is 0 Å². The molecule has 2 atom stereocenters. The molecule has 1 saturated heterocycles. The van der Waals surface area contributed by atoms with Crippen LogP contribution in [0.15, 0.2) is 67.3 Å². The van der Waals surface area contributed by atoms with E-state index in [1.165, 1.54) is 23.4 Å². The molecule has 2 nitrogen and oxygen atoms in total. The summed E-state index contributed by atoms with van der Waals surface area (Å²) in [7, 11) is 0. The Morgan fingerprint density at radius 1 is 1.05 bits per heavy atom. The van der Waals surface area contributed by atoms with Gasteiger partial charge in [-0.3, -0.25) is 4.90 Å². The standard InChI is InChI=1S/C20H22N2/c1-2-13-21-14-12-20-18(15-21)17-10-6-7-11-19(17)22(20)16-8-4-3-5-9-16/h2-11,18,20H,1,12-15H2/t18-,20+/m0/s1. The van der Waals surface area contributed by atoms with Crippen LogP contribution in [-0.4, -0.2) is 30.6 Å². The largest absolute Gasteiger partial charge is 0.337 e. The van der Waals surface area contributed by atoms with Gasteiger partial charge in [0.15, 0.2) is 0 Å². The number of piperidine rings is 1. The highest BCUT2D eigenvalue weighted by atomic mass is 15.2. The predicted octanol–water partition coefficient (Wildman–Crippen LogP) is 4.18. The maximum Gasteiger partial charge on any atom is 0.0450 e. The van der Waals surface area contributed by atoms with Crippen LogP contribution in [0.25, 0.3) is 0 Å². The molecule has 0 aliphatic carbocycles. The van der Waals surface area contributed by atoms with Crippen molar-refractivity contribution in [2.24, 2.45) is 0 Å². The van der Waals surface area contributed by atoms with E-state index in [9.17, 15) is 0 Å². The Hall–Kier alpha value is -2.06. The lowest BCUT2D eigenvalue weighted by Gasteiger charge is -2.38. The number of rotatable bonds is 3. The molecule has 0 amide bonds. The van der Waals surface area contributed by atoms with E-state index in [4.69, 9.17) is 0 Å². The van der Waals surface area contributed by atoms with Crippen molar-refractivity contribution in [2.45, 2.75) is 18.4 Å². The van der Waals surface area contributed by atoms with Crippen LogP contribution in [0.4, 0.5) is 11.4 Å². The second-order valence-corrected chi connectivity index (χ2v) is 6.28. The highest BCUT2D eigenvalue weighted by Gasteiger charge is 2.41. The van der Waals surface area contributed by atoms with Gasteiger partial charge in [-0.15, -0.1) is 6.58 Å². The Kier molecular flexibility index (Phi) is 3.47. The summed E-state index contributed by atoms with van der Waals surface area (Å²) in [5, 5.41) is 0. The van der Waals surface area contributed by atoms with Gasteiger partial charge in [0.2, 0.25) is 0 Å². The summed E-state index contributed by atoms with van der Waals surface area (Å²) in [5.74, 6) is 0.602. The topological polar surface area (TPSA) is 6.48 Å². The van der Waals surface area contributed by atoms with E-state index in [2.05, 4.69) is 71.0 Å². The molecule has 0 N–H and O–H groups in total. The lowest BCUT2D eigenvalue weighted by atomic mass is 9.89. The van der Waals surface area contributed by atoms with Gasteiger partial charge in [-0.2, -0.15) is 0 Å². The van der Waals surface area contributed by atoms with Crippen molar-refractivity contribution >= 4 is 11.4 Å². The zero-order valence-electron chi connectivity index (χ0n) is 12.9. The third kappa shape index (κ3) is 2.15. The highest BCUT2D eigenvalue weighted by molar-refractivity contribution is 5.72. The zero-order chi connectivity index (χ0) is 14.9. The van der Waals surface area contributed by atoms with Crippen LogP contribution in [-0.2, 0) is 0 Å². The van der Waals surface area contributed by atoms with E-state index >= 15 is 0 Å². The van der Waals surface area contributed by atoms with Gasteiger partial charge in [-0.1, -0.05) is 42.5 Å². The van der Waals surface area contributed by atoms with Crippen molar-refractivity contribution in [1.82, 2.24) is 4.90 Å². The van der Waals surface area contributed by atoms with Gasteiger partial charge in [0, 0.05) is 43.0 Å². The molecule has 1 fully saturated rings. The van der Waals surface area contributed by atoms with Crippen molar-refractivity contribution in [1.29, 1.82) is 0 Å². The van der Waals surface area contributed by atoms with Gasteiger partial charge in [0.25, 0.3) is 0 Å². The van der Waals surface area contributed by atoms with Crippen LogP contribution in [0.2, 0.25) is 0 Å². The summed E-state index contributed by atoms with van der Waals surface area (Å²) >= 11 is 0.